The summed E-state index contributed by atoms with van der Waals surface area (Å²) in [5, 5.41) is 22.4. The van der Waals surface area contributed by atoms with E-state index in [-0.39, 0.29) is 24.1 Å². The van der Waals surface area contributed by atoms with E-state index in [0.29, 0.717) is 33.9 Å². The van der Waals surface area contributed by atoms with Crippen LogP contribution in [0.25, 0.3) is 22.6 Å². The van der Waals surface area contributed by atoms with Gasteiger partial charge in [0, 0.05) is 18.2 Å². The minimum Gasteiger partial charge on any atom is -0.475 e. The number of hydrogen-bond donors (Lipinski definition) is 2. The molecule has 5 rings (SSSR count). The Morgan fingerprint density at radius 3 is 2.53 bits per heavy atom. The normalized spacial score (nSPS) is 14.6. The topological polar surface area (TPSA) is 117 Å². The number of carbonyl (C=O) groups is 1. The first-order valence-electron chi connectivity index (χ1n) is 12.1. The van der Waals surface area contributed by atoms with Crippen molar-refractivity contribution in [1.82, 2.24) is 19.5 Å². The number of nitrogens with one attached hydrogen (secondary N) is 1. The average Bonchev–Trinajstić information content (AvgIpc) is 3.21. The van der Waals surface area contributed by atoms with Crippen molar-refractivity contribution in [1.29, 1.82) is 5.26 Å². The standard InChI is InChI=1S/C27H23F3N6O2/c1-15(18-5-3-6-18)32-22-21-23(34-24(33-22)26(37)38)35-25(19-7-2-4-17(12-19)13-31)36(21)14-16-8-10-20(11-9-16)27(28,29)30/h2,4,7-12,15,18H,3,5-6,14H2,1H3,(H,37,38)(H,32,33,34)/t15-/m1/s1. The second kappa shape index (κ2) is 9.78. The third-order valence-electron chi connectivity index (χ3n) is 6.89. The molecule has 0 amide bonds. The lowest BCUT2D eigenvalue weighted by atomic mass is 9.80. The Bertz CT molecular complexity index is 1550. The lowest BCUT2D eigenvalue weighted by Crippen LogP contribution is -2.31. The predicted octanol–water partition coefficient (Wildman–Crippen LogP) is 5.73. The van der Waals surface area contributed by atoms with Gasteiger partial charge < -0.3 is 15.0 Å². The number of rotatable bonds is 7. The van der Waals surface area contributed by atoms with E-state index in [1.807, 2.05) is 6.92 Å². The Hall–Kier alpha value is -4.46. The number of alkyl halides is 3. The van der Waals surface area contributed by atoms with Crippen molar-refractivity contribution in [2.45, 2.75) is 44.9 Å². The summed E-state index contributed by atoms with van der Waals surface area (Å²) in [5.74, 6) is -0.651. The van der Waals surface area contributed by atoms with Crippen molar-refractivity contribution in [3.63, 3.8) is 0 Å². The zero-order valence-corrected chi connectivity index (χ0v) is 20.3. The molecule has 1 saturated carbocycles. The van der Waals surface area contributed by atoms with E-state index in [9.17, 15) is 28.3 Å². The maximum atomic E-state index is 13.1. The van der Waals surface area contributed by atoms with Crippen molar-refractivity contribution >= 4 is 23.0 Å². The fraction of sp³-hybridized carbons (Fsp3) is 0.296. The fourth-order valence-corrected chi connectivity index (χ4v) is 4.59. The van der Waals surface area contributed by atoms with Crippen molar-refractivity contribution < 1.29 is 23.1 Å². The molecule has 1 fully saturated rings. The lowest BCUT2D eigenvalue weighted by molar-refractivity contribution is -0.137. The summed E-state index contributed by atoms with van der Waals surface area (Å²) in [6, 6.07) is 13.6. The molecule has 2 aromatic carbocycles. The molecule has 2 aromatic heterocycles. The van der Waals surface area contributed by atoms with Gasteiger partial charge in [-0.3, -0.25) is 0 Å². The van der Waals surface area contributed by atoms with E-state index < -0.39 is 23.5 Å². The number of imidazole rings is 1. The third-order valence-corrected chi connectivity index (χ3v) is 6.89. The molecule has 0 spiro atoms. The maximum absolute atomic E-state index is 13.1. The largest absolute Gasteiger partial charge is 0.475 e. The molecule has 1 aliphatic rings. The summed E-state index contributed by atoms with van der Waals surface area (Å²) in [5.41, 5.74) is 1.33. The average molecular weight is 521 g/mol. The summed E-state index contributed by atoms with van der Waals surface area (Å²) in [6.07, 6.45) is -1.24. The number of nitrogens with zero attached hydrogens (tertiary/aromatic N) is 5. The maximum Gasteiger partial charge on any atom is 0.416 e. The number of halogens is 3. The first-order chi connectivity index (χ1) is 18.1. The lowest BCUT2D eigenvalue weighted by Gasteiger charge is -2.32. The van der Waals surface area contributed by atoms with Crippen LogP contribution in [0.3, 0.4) is 0 Å². The Labute approximate surface area is 215 Å². The summed E-state index contributed by atoms with van der Waals surface area (Å²) in [7, 11) is 0. The molecule has 0 radical (unpaired) electrons. The number of carboxylic acids is 1. The molecule has 4 aromatic rings. The van der Waals surface area contributed by atoms with Crippen LogP contribution in [0.15, 0.2) is 48.5 Å². The molecule has 2 N–H and O–H groups in total. The highest BCUT2D eigenvalue weighted by molar-refractivity contribution is 5.92. The van der Waals surface area contributed by atoms with Gasteiger partial charge in [0.15, 0.2) is 11.5 Å². The molecule has 0 saturated heterocycles. The summed E-state index contributed by atoms with van der Waals surface area (Å²) in [4.78, 5) is 24.9. The van der Waals surface area contributed by atoms with E-state index in [2.05, 4.69) is 26.3 Å². The third kappa shape index (κ3) is 4.89. The smallest absolute Gasteiger partial charge is 0.416 e. The molecule has 1 aliphatic carbocycles. The van der Waals surface area contributed by atoms with E-state index in [4.69, 9.17) is 0 Å². The number of carboxylic acid groups (broad SMARTS) is 1. The number of hydrogen-bond acceptors (Lipinski definition) is 6. The second-order valence-electron chi connectivity index (χ2n) is 9.41. The van der Waals surface area contributed by atoms with Crippen LogP contribution in [0.2, 0.25) is 0 Å². The molecule has 38 heavy (non-hydrogen) atoms. The Balaban J connectivity index is 1.69. The SMILES string of the molecule is C[C@@H](Nc1nc(C(=O)O)nc2nc(-c3cccc(C#N)c3)n(Cc3ccc(C(F)(F)F)cc3)c12)C1CCC1. The van der Waals surface area contributed by atoms with Crippen molar-refractivity contribution in [2.24, 2.45) is 5.92 Å². The van der Waals surface area contributed by atoms with E-state index in [1.54, 1.807) is 28.8 Å². The van der Waals surface area contributed by atoms with Gasteiger partial charge in [0.2, 0.25) is 5.82 Å². The van der Waals surface area contributed by atoms with Crippen molar-refractivity contribution in [3.05, 3.63) is 71.0 Å². The van der Waals surface area contributed by atoms with Gasteiger partial charge in [-0.15, -0.1) is 0 Å². The van der Waals surface area contributed by atoms with Crippen molar-refractivity contribution in [2.75, 3.05) is 5.32 Å². The number of benzene rings is 2. The van der Waals surface area contributed by atoms with Gasteiger partial charge in [0.25, 0.3) is 0 Å². The molecule has 2 heterocycles. The minimum absolute atomic E-state index is 0.00304. The second-order valence-corrected chi connectivity index (χ2v) is 9.41. The van der Waals surface area contributed by atoms with Gasteiger partial charge in [-0.25, -0.2) is 19.7 Å². The Kier molecular flexibility index (Phi) is 6.48. The highest BCUT2D eigenvalue weighted by Crippen LogP contribution is 2.34. The highest BCUT2D eigenvalue weighted by Gasteiger charge is 2.30. The van der Waals surface area contributed by atoms with E-state index in [1.165, 1.54) is 12.1 Å². The fourth-order valence-electron chi connectivity index (χ4n) is 4.59. The van der Waals surface area contributed by atoms with Crippen LogP contribution in [-0.2, 0) is 12.7 Å². The van der Waals surface area contributed by atoms with Crippen LogP contribution in [0, 0.1) is 17.2 Å². The van der Waals surface area contributed by atoms with Crippen LogP contribution in [0.4, 0.5) is 19.0 Å². The van der Waals surface area contributed by atoms with Crippen LogP contribution in [-0.4, -0.2) is 36.6 Å². The number of aromatic nitrogens is 4. The molecule has 0 aliphatic heterocycles. The Morgan fingerprint density at radius 2 is 1.92 bits per heavy atom. The first-order valence-corrected chi connectivity index (χ1v) is 12.1. The summed E-state index contributed by atoms with van der Waals surface area (Å²) < 4.78 is 41.1. The number of aromatic carboxylic acids is 1. The molecular weight excluding hydrogens is 497 g/mol. The molecule has 1 atom stereocenters. The summed E-state index contributed by atoms with van der Waals surface area (Å²) >= 11 is 0. The van der Waals surface area contributed by atoms with Crippen LogP contribution in [0.1, 0.15) is 53.5 Å². The first kappa shape index (κ1) is 25.2. The van der Waals surface area contributed by atoms with E-state index >= 15 is 0 Å². The van der Waals surface area contributed by atoms with Gasteiger partial charge in [0.05, 0.1) is 17.2 Å². The van der Waals surface area contributed by atoms with Gasteiger partial charge in [-0.05, 0) is 55.5 Å². The van der Waals surface area contributed by atoms with Crippen LogP contribution >= 0.6 is 0 Å². The predicted molar refractivity (Wildman–Crippen MR) is 133 cm³/mol. The minimum atomic E-state index is -4.46. The molecule has 11 heteroatoms. The van der Waals surface area contributed by atoms with Gasteiger partial charge >= 0.3 is 12.1 Å². The molecular formula is C27H23F3N6O2. The van der Waals surface area contributed by atoms with Crippen LogP contribution in [0.5, 0.6) is 0 Å². The van der Waals surface area contributed by atoms with Gasteiger partial charge in [-0.2, -0.15) is 18.4 Å². The zero-order valence-electron chi connectivity index (χ0n) is 20.3. The van der Waals surface area contributed by atoms with Gasteiger partial charge in [-0.1, -0.05) is 30.7 Å². The van der Waals surface area contributed by atoms with Crippen LogP contribution < -0.4 is 5.32 Å². The monoisotopic (exact) mass is 520 g/mol. The zero-order chi connectivity index (χ0) is 27.0. The number of nitriles is 1. The summed E-state index contributed by atoms with van der Waals surface area (Å²) in [6.45, 7) is 2.12. The number of anilines is 1. The molecule has 0 bridgehead atoms. The van der Waals surface area contributed by atoms with Gasteiger partial charge in [0.1, 0.15) is 11.3 Å². The van der Waals surface area contributed by atoms with Crippen molar-refractivity contribution in [3.8, 4) is 17.5 Å². The quantitative estimate of drug-likeness (QED) is 0.320. The number of fused-ring (bicyclic) bond motifs is 1. The Morgan fingerprint density at radius 1 is 1.18 bits per heavy atom. The molecule has 8 nitrogen and oxygen atoms in total. The highest BCUT2D eigenvalue weighted by atomic mass is 19.4. The molecule has 194 valence electrons. The van der Waals surface area contributed by atoms with E-state index in [0.717, 1.165) is 31.4 Å². The molecule has 0 unspecified atom stereocenters.